The van der Waals surface area contributed by atoms with Gasteiger partial charge in [0, 0.05) is 38.8 Å². The third kappa shape index (κ3) is 4.31. The zero-order valence-electron chi connectivity index (χ0n) is 13.9. The summed E-state index contributed by atoms with van der Waals surface area (Å²) in [4.78, 5) is 38.9. The number of amides is 3. The molecule has 0 bridgehead atoms. The fraction of sp³-hybridized carbons (Fsp3) is 0.471. The molecule has 1 aliphatic heterocycles. The van der Waals surface area contributed by atoms with Crippen LogP contribution in [0.15, 0.2) is 18.2 Å². The first-order valence-corrected chi connectivity index (χ1v) is 7.78. The predicted octanol–water partition coefficient (Wildman–Crippen LogP) is 1.32. The van der Waals surface area contributed by atoms with Crippen molar-refractivity contribution in [2.24, 2.45) is 0 Å². The molecule has 0 saturated carbocycles. The normalized spacial score (nSPS) is 14.6. The molecule has 0 atom stereocenters. The van der Waals surface area contributed by atoms with Gasteiger partial charge in [-0.25, -0.2) is 0 Å². The van der Waals surface area contributed by atoms with Crippen LogP contribution in [0.5, 0.6) is 0 Å². The minimum Gasteiger partial charge on any atom is -0.339 e. The van der Waals surface area contributed by atoms with Crippen molar-refractivity contribution in [2.45, 2.75) is 27.2 Å². The number of nitrogens with one attached hydrogen (secondary N) is 1. The molecule has 2 rings (SSSR count). The highest BCUT2D eigenvalue weighted by molar-refractivity contribution is 6.04. The van der Waals surface area contributed by atoms with E-state index in [1.165, 1.54) is 6.92 Å². The lowest BCUT2D eigenvalue weighted by Gasteiger charge is -2.34. The Kier molecular flexibility index (Phi) is 5.36. The van der Waals surface area contributed by atoms with Crippen molar-refractivity contribution in [1.82, 2.24) is 9.80 Å². The second kappa shape index (κ2) is 7.26. The molecule has 1 aromatic rings. The Bertz CT molecular complexity index is 620. The summed E-state index contributed by atoms with van der Waals surface area (Å²) in [6.45, 7) is 7.46. The van der Waals surface area contributed by atoms with E-state index in [4.69, 9.17) is 0 Å². The molecule has 0 spiro atoms. The molecule has 0 unspecified atom stereocenters. The Labute approximate surface area is 136 Å². The van der Waals surface area contributed by atoms with Crippen LogP contribution in [0.4, 0.5) is 5.69 Å². The number of aryl methyl sites for hydroxylation is 1. The number of rotatable bonds is 3. The summed E-state index contributed by atoms with van der Waals surface area (Å²) in [5.74, 6) is -0.488. The average molecular weight is 317 g/mol. The van der Waals surface area contributed by atoms with E-state index in [0.29, 0.717) is 26.2 Å². The highest BCUT2D eigenvalue weighted by Gasteiger charge is 2.23. The van der Waals surface area contributed by atoms with Gasteiger partial charge in [-0.05, 0) is 31.0 Å². The van der Waals surface area contributed by atoms with Crippen molar-refractivity contribution in [2.75, 3.05) is 31.5 Å². The van der Waals surface area contributed by atoms with Crippen LogP contribution in [0.25, 0.3) is 0 Å². The number of hydrogen-bond acceptors (Lipinski definition) is 3. The third-order valence-electron chi connectivity index (χ3n) is 4.27. The topological polar surface area (TPSA) is 69.7 Å². The van der Waals surface area contributed by atoms with Crippen molar-refractivity contribution >= 4 is 23.4 Å². The first kappa shape index (κ1) is 17.0. The monoisotopic (exact) mass is 317 g/mol. The van der Waals surface area contributed by atoms with Gasteiger partial charge in [-0.1, -0.05) is 12.1 Å². The molecular formula is C17H23N3O3. The van der Waals surface area contributed by atoms with E-state index < -0.39 is 0 Å². The number of carbonyl (C=O) groups is 3. The van der Waals surface area contributed by atoms with E-state index in [2.05, 4.69) is 5.32 Å². The quantitative estimate of drug-likeness (QED) is 0.855. The predicted molar refractivity (Wildman–Crippen MR) is 88.0 cm³/mol. The lowest BCUT2D eigenvalue weighted by Crippen LogP contribution is -2.50. The van der Waals surface area contributed by atoms with Crippen LogP contribution in [0, 0.1) is 13.8 Å². The lowest BCUT2D eigenvalue weighted by atomic mass is 10.1. The summed E-state index contributed by atoms with van der Waals surface area (Å²) in [5, 5.41) is 2.80. The number of benzene rings is 1. The van der Waals surface area contributed by atoms with Gasteiger partial charge in [-0.15, -0.1) is 0 Å². The average Bonchev–Trinajstić information content (AvgIpc) is 2.52. The van der Waals surface area contributed by atoms with Gasteiger partial charge in [-0.3, -0.25) is 14.4 Å². The zero-order chi connectivity index (χ0) is 17.0. The van der Waals surface area contributed by atoms with Gasteiger partial charge in [0.1, 0.15) is 6.42 Å². The van der Waals surface area contributed by atoms with E-state index in [9.17, 15) is 14.4 Å². The molecular weight excluding hydrogens is 294 g/mol. The fourth-order valence-electron chi connectivity index (χ4n) is 2.60. The smallest absolute Gasteiger partial charge is 0.233 e. The SMILES string of the molecule is CC(=O)N1CCN(C(=O)CC(=O)Nc2cccc(C)c2C)CC1. The zero-order valence-corrected chi connectivity index (χ0v) is 13.9. The van der Waals surface area contributed by atoms with Gasteiger partial charge >= 0.3 is 0 Å². The Balaban J connectivity index is 1.87. The second-order valence-electron chi connectivity index (χ2n) is 5.86. The van der Waals surface area contributed by atoms with Gasteiger partial charge in [0.05, 0.1) is 0 Å². The van der Waals surface area contributed by atoms with Gasteiger partial charge in [0.15, 0.2) is 0 Å². The Hall–Kier alpha value is -2.37. The molecule has 3 amide bonds. The molecule has 1 heterocycles. The number of piperazine rings is 1. The largest absolute Gasteiger partial charge is 0.339 e. The molecule has 1 fully saturated rings. The summed E-state index contributed by atoms with van der Waals surface area (Å²) in [5.41, 5.74) is 2.84. The minimum atomic E-state index is -0.308. The first-order valence-electron chi connectivity index (χ1n) is 7.78. The van der Waals surface area contributed by atoms with Gasteiger partial charge in [0.2, 0.25) is 17.7 Å². The Morgan fingerprint density at radius 2 is 1.65 bits per heavy atom. The summed E-state index contributed by atoms with van der Waals surface area (Å²) < 4.78 is 0. The maximum atomic E-state index is 12.2. The van der Waals surface area contributed by atoms with Crippen LogP contribution >= 0.6 is 0 Å². The number of anilines is 1. The van der Waals surface area contributed by atoms with Crippen LogP contribution in [0.1, 0.15) is 24.5 Å². The minimum absolute atomic E-state index is 0.0183. The van der Waals surface area contributed by atoms with Crippen LogP contribution in [0.2, 0.25) is 0 Å². The van der Waals surface area contributed by atoms with Crippen LogP contribution in [-0.4, -0.2) is 53.7 Å². The van der Waals surface area contributed by atoms with Crippen molar-refractivity contribution in [3.8, 4) is 0 Å². The molecule has 1 N–H and O–H groups in total. The van der Waals surface area contributed by atoms with Crippen molar-refractivity contribution < 1.29 is 14.4 Å². The molecule has 6 nitrogen and oxygen atoms in total. The number of hydrogen-bond donors (Lipinski definition) is 1. The Morgan fingerprint density at radius 1 is 1.04 bits per heavy atom. The highest BCUT2D eigenvalue weighted by Crippen LogP contribution is 2.18. The molecule has 0 aromatic heterocycles. The maximum absolute atomic E-state index is 12.2. The lowest BCUT2D eigenvalue weighted by molar-refractivity contribution is -0.140. The second-order valence-corrected chi connectivity index (χ2v) is 5.86. The van der Waals surface area contributed by atoms with E-state index in [0.717, 1.165) is 16.8 Å². The first-order chi connectivity index (χ1) is 10.9. The summed E-state index contributed by atoms with van der Waals surface area (Å²) in [7, 11) is 0. The molecule has 1 saturated heterocycles. The van der Waals surface area contributed by atoms with Gasteiger partial charge < -0.3 is 15.1 Å². The van der Waals surface area contributed by atoms with Crippen molar-refractivity contribution in [3.63, 3.8) is 0 Å². The van der Waals surface area contributed by atoms with E-state index >= 15 is 0 Å². The van der Waals surface area contributed by atoms with Crippen LogP contribution in [-0.2, 0) is 14.4 Å². The van der Waals surface area contributed by atoms with E-state index in [1.807, 2.05) is 32.0 Å². The molecule has 0 radical (unpaired) electrons. The summed E-state index contributed by atoms with van der Waals surface area (Å²) in [6.07, 6.45) is -0.173. The molecule has 6 heteroatoms. The molecule has 1 aromatic carbocycles. The van der Waals surface area contributed by atoms with Crippen molar-refractivity contribution in [1.29, 1.82) is 0 Å². The standard InChI is InChI=1S/C17H23N3O3/c1-12-5-4-6-15(13(12)2)18-16(22)11-17(23)20-9-7-19(8-10-20)14(3)21/h4-6H,7-11H2,1-3H3,(H,18,22). The molecule has 1 aliphatic rings. The van der Waals surface area contributed by atoms with Crippen LogP contribution in [0.3, 0.4) is 0 Å². The van der Waals surface area contributed by atoms with Crippen molar-refractivity contribution in [3.05, 3.63) is 29.3 Å². The Morgan fingerprint density at radius 3 is 2.26 bits per heavy atom. The van der Waals surface area contributed by atoms with Gasteiger partial charge in [0.25, 0.3) is 0 Å². The third-order valence-corrected chi connectivity index (χ3v) is 4.27. The fourth-order valence-corrected chi connectivity index (χ4v) is 2.60. The maximum Gasteiger partial charge on any atom is 0.233 e. The van der Waals surface area contributed by atoms with Gasteiger partial charge in [-0.2, -0.15) is 0 Å². The number of nitrogens with zero attached hydrogens (tertiary/aromatic N) is 2. The van der Waals surface area contributed by atoms with E-state index in [1.54, 1.807) is 9.80 Å². The number of carbonyl (C=O) groups excluding carboxylic acids is 3. The van der Waals surface area contributed by atoms with Crippen LogP contribution < -0.4 is 5.32 Å². The highest BCUT2D eigenvalue weighted by atomic mass is 16.2. The molecule has 124 valence electrons. The molecule has 23 heavy (non-hydrogen) atoms. The molecule has 0 aliphatic carbocycles. The summed E-state index contributed by atoms with van der Waals surface area (Å²) in [6, 6.07) is 5.68. The summed E-state index contributed by atoms with van der Waals surface area (Å²) >= 11 is 0. The van der Waals surface area contributed by atoms with E-state index in [-0.39, 0.29) is 24.1 Å².